The van der Waals surface area contributed by atoms with Gasteiger partial charge >= 0.3 is 6.18 Å². The second-order valence-corrected chi connectivity index (χ2v) is 7.51. The van der Waals surface area contributed by atoms with Crippen LogP contribution in [0.15, 0.2) is 28.8 Å². The number of aromatic nitrogens is 2. The molecule has 0 atom stereocenters. The van der Waals surface area contributed by atoms with Crippen LogP contribution in [0.5, 0.6) is 0 Å². The van der Waals surface area contributed by atoms with Gasteiger partial charge in [-0.1, -0.05) is 44.1 Å². The summed E-state index contributed by atoms with van der Waals surface area (Å²) in [4.78, 5) is 27.6. The average Bonchev–Trinajstić information content (AvgIpc) is 3.07. The minimum absolute atomic E-state index is 0.0166. The van der Waals surface area contributed by atoms with Crippen molar-refractivity contribution in [2.45, 2.75) is 51.7 Å². The fraction of sp³-hybridized carbons (Fsp3) is 0.500. The molecule has 0 fully saturated rings. The van der Waals surface area contributed by atoms with Gasteiger partial charge in [0.15, 0.2) is 5.82 Å². The average molecular weight is 414 g/mol. The Hall–Kier alpha value is -2.98. The Morgan fingerprint density at radius 1 is 1.24 bits per heavy atom. The zero-order valence-electron chi connectivity index (χ0n) is 16.2. The number of carbonyl (C=O) groups is 1. The molecule has 0 unspecified atom stereocenters. The summed E-state index contributed by atoms with van der Waals surface area (Å²) in [6.07, 6.45) is -4.99. The van der Waals surface area contributed by atoms with Gasteiger partial charge in [0, 0.05) is 29.9 Å². The topological polar surface area (TPSA) is 102 Å². The molecule has 0 saturated heterocycles. The number of nitro groups is 1. The number of rotatable bonds is 7. The Bertz CT molecular complexity index is 874. The predicted octanol–water partition coefficient (Wildman–Crippen LogP) is 3.80. The highest BCUT2D eigenvalue weighted by atomic mass is 19.4. The number of amides is 1. The lowest BCUT2D eigenvalue weighted by molar-refractivity contribution is -0.385. The maximum absolute atomic E-state index is 13.0. The van der Waals surface area contributed by atoms with Gasteiger partial charge in [0.2, 0.25) is 11.8 Å². The van der Waals surface area contributed by atoms with E-state index in [1.165, 1.54) is 24.3 Å². The molecule has 1 aromatic heterocycles. The van der Waals surface area contributed by atoms with Crippen molar-refractivity contribution in [2.24, 2.45) is 0 Å². The van der Waals surface area contributed by atoms with Crippen LogP contribution < -0.4 is 0 Å². The van der Waals surface area contributed by atoms with E-state index in [1.807, 2.05) is 20.8 Å². The van der Waals surface area contributed by atoms with Gasteiger partial charge in [0.1, 0.15) is 6.54 Å². The molecule has 2 aromatic rings. The molecule has 29 heavy (non-hydrogen) atoms. The summed E-state index contributed by atoms with van der Waals surface area (Å²) >= 11 is 0. The molecule has 0 aliphatic rings. The van der Waals surface area contributed by atoms with E-state index in [0.717, 1.165) is 0 Å². The lowest BCUT2D eigenvalue weighted by Crippen LogP contribution is -2.38. The first-order valence-corrected chi connectivity index (χ1v) is 8.76. The van der Waals surface area contributed by atoms with E-state index in [4.69, 9.17) is 4.52 Å². The molecule has 1 amide bonds. The summed E-state index contributed by atoms with van der Waals surface area (Å²) in [5, 5.41) is 14.9. The van der Waals surface area contributed by atoms with Gasteiger partial charge in [0.25, 0.3) is 5.69 Å². The van der Waals surface area contributed by atoms with Gasteiger partial charge in [0.05, 0.1) is 11.5 Å². The third-order valence-corrected chi connectivity index (χ3v) is 3.96. The molecule has 2 rings (SSSR count). The lowest BCUT2D eigenvalue weighted by Gasteiger charge is -2.24. The second kappa shape index (κ2) is 8.58. The number of aryl methyl sites for hydroxylation is 1. The number of carbonyl (C=O) groups excluding carboxylic acids is 1. The first-order valence-electron chi connectivity index (χ1n) is 8.76. The summed E-state index contributed by atoms with van der Waals surface area (Å²) in [5.74, 6) is -0.260. The minimum atomic E-state index is -4.65. The van der Waals surface area contributed by atoms with Crippen LogP contribution in [0.3, 0.4) is 0 Å². The maximum atomic E-state index is 13.0. The van der Waals surface area contributed by atoms with Crippen LogP contribution in [0.1, 0.15) is 44.5 Å². The molecule has 0 bridgehead atoms. The highest BCUT2D eigenvalue weighted by Crippen LogP contribution is 2.24. The van der Waals surface area contributed by atoms with Crippen molar-refractivity contribution >= 4 is 11.6 Å². The van der Waals surface area contributed by atoms with Crippen LogP contribution in [-0.4, -0.2) is 38.6 Å². The van der Waals surface area contributed by atoms with Gasteiger partial charge in [-0.05, 0) is 0 Å². The number of hydrogen-bond donors (Lipinski definition) is 0. The molecular weight excluding hydrogens is 393 g/mol. The Morgan fingerprint density at radius 3 is 2.45 bits per heavy atom. The maximum Gasteiger partial charge on any atom is 0.406 e. The van der Waals surface area contributed by atoms with E-state index in [9.17, 15) is 28.1 Å². The number of nitro benzene ring substituents is 1. The van der Waals surface area contributed by atoms with E-state index in [1.54, 1.807) is 0 Å². The van der Waals surface area contributed by atoms with E-state index in [2.05, 4.69) is 10.1 Å². The molecule has 1 aromatic carbocycles. The van der Waals surface area contributed by atoms with Gasteiger partial charge in [-0.2, -0.15) is 18.2 Å². The van der Waals surface area contributed by atoms with Crippen molar-refractivity contribution in [1.82, 2.24) is 15.0 Å². The SMILES string of the molecule is CC(C)(C)c1noc(CCC(=O)N(Cc2ccccc2[N+](=O)[O-])CC(F)(F)F)n1. The number of hydrogen-bond acceptors (Lipinski definition) is 6. The molecule has 0 aliphatic carbocycles. The van der Waals surface area contributed by atoms with Gasteiger partial charge in [-0.25, -0.2) is 0 Å². The molecule has 1 heterocycles. The van der Waals surface area contributed by atoms with Crippen LogP contribution in [0, 0.1) is 10.1 Å². The van der Waals surface area contributed by atoms with Crippen LogP contribution in [0.4, 0.5) is 18.9 Å². The molecule has 11 heteroatoms. The summed E-state index contributed by atoms with van der Waals surface area (Å²) in [5.41, 5.74) is -0.706. The quantitative estimate of drug-likeness (QED) is 0.504. The zero-order valence-corrected chi connectivity index (χ0v) is 16.2. The van der Waals surface area contributed by atoms with Crippen LogP contribution in [-0.2, 0) is 23.2 Å². The van der Waals surface area contributed by atoms with E-state index >= 15 is 0 Å². The number of alkyl halides is 3. The Balaban J connectivity index is 2.14. The van der Waals surface area contributed by atoms with Crippen LogP contribution in [0.2, 0.25) is 0 Å². The molecule has 0 spiro atoms. The van der Waals surface area contributed by atoms with Crippen molar-refractivity contribution in [3.63, 3.8) is 0 Å². The number of nitrogens with zero attached hydrogens (tertiary/aromatic N) is 4. The minimum Gasteiger partial charge on any atom is -0.339 e. The second-order valence-electron chi connectivity index (χ2n) is 7.51. The van der Waals surface area contributed by atoms with Crippen LogP contribution >= 0.6 is 0 Å². The number of para-hydroxylation sites is 1. The van der Waals surface area contributed by atoms with Crippen molar-refractivity contribution in [1.29, 1.82) is 0 Å². The Morgan fingerprint density at radius 2 is 1.90 bits per heavy atom. The Labute approximate surface area is 164 Å². The van der Waals surface area contributed by atoms with Gasteiger partial charge < -0.3 is 9.42 Å². The largest absolute Gasteiger partial charge is 0.406 e. The predicted molar refractivity (Wildman–Crippen MR) is 95.9 cm³/mol. The smallest absolute Gasteiger partial charge is 0.339 e. The molecular formula is C18H21F3N4O4. The molecule has 158 valence electrons. The van der Waals surface area contributed by atoms with Crippen molar-refractivity contribution in [3.8, 4) is 0 Å². The van der Waals surface area contributed by atoms with Gasteiger partial charge in [-0.3, -0.25) is 14.9 Å². The van der Waals surface area contributed by atoms with E-state index < -0.39 is 30.1 Å². The van der Waals surface area contributed by atoms with Crippen molar-refractivity contribution in [2.75, 3.05) is 6.54 Å². The molecule has 0 N–H and O–H groups in total. The first kappa shape index (κ1) is 22.3. The third kappa shape index (κ3) is 6.54. The number of benzene rings is 1. The molecule has 8 nitrogen and oxygen atoms in total. The molecule has 0 aliphatic heterocycles. The molecule has 0 radical (unpaired) electrons. The van der Waals surface area contributed by atoms with Crippen molar-refractivity contribution < 1.29 is 27.4 Å². The Kier molecular flexibility index (Phi) is 6.60. The van der Waals surface area contributed by atoms with E-state index in [-0.39, 0.29) is 35.4 Å². The highest BCUT2D eigenvalue weighted by Gasteiger charge is 2.34. The monoisotopic (exact) mass is 414 g/mol. The van der Waals surface area contributed by atoms with Gasteiger partial charge in [-0.15, -0.1) is 0 Å². The third-order valence-electron chi connectivity index (χ3n) is 3.96. The molecule has 0 saturated carbocycles. The summed E-state index contributed by atoms with van der Waals surface area (Å²) < 4.78 is 43.9. The highest BCUT2D eigenvalue weighted by molar-refractivity contribution is 5.76. The zero-order chi connectivity index (χ0) is 21.8. The fourth-order valence-corrected chi connectivity index (χ4v) is 2.51. The lowest BCUT2D eigenvalue weighted by atomic mass is 9.96. The fourth-order valence-electron chi connectivity index (χ4n) is 2.51. The normalized spacial score (nSPS) is 12.1. The summed E-state index contributed by atoms with van der Waals surface area (Å²) in [6.45, 7) is 3.54. The standard InChI is InChI=1S/C18H21F3N4O4/c1-17(2,3)16-22-14(29-23-16)8-9-15(26)24(11-18(19,20)21)10-12-6-4-5-7-13(12)25(27)28/h4-7H,8-11H2,1-3H3. The van der Waals surface area contributed by atoms with E-state index in [0.29, 0.717) is 10.7 Å². The summed E-state index contributed by atoms with van der Waals surface area (Å²) in [7, 11) is 0. The first-order chi connectivity index (χ1) is 13.4. The number of halogens is 3. The van der Waals surface area contributed by atoms with Crippen LogP contribution in [0.25, 0.3) is 0 Å². The summed E-state index contributed by atoms with van der Waals surface area (Å²) in [6, 6.07) is 5.37. The van der Waals surface area contributed by atoms with Crippen molar-refractivity contribution in [3.05, 3.63) is 51.7 Å².